The number of hydrogen-bond acceptors (Lipinski definition) is 4. The molecular weight excluding hydrogens is 330 g/mol. The van der Waals surface area contributed by atoms with Crippen LogP contribution in [0.15, 0.2) is 28.9 Å². The van der Waals surface area contributed by atoms with Crippen molar-refractivity contribution in [3.8, 4) is 5.75 Å². The molecule has 2 aromatic rings. The van der Waals surface area contributed by atoms with Crippen LogP contribution in [0.3, 0.4) is 0 Å². The highest BCUT2D eigenvalue weighted by molar-refractivity contribution is 9.10. The standard InChI is InChI=1S/C16H16BrN3O/c17-13-7-11-4-6-21-15(11)12(8-13)9-19-14-3-5-18-16(20-14)10-1-2-10/h3,5,7-8,10H,1-2,4,6,9H2,(H,18,19,20). The van der Waals surface area contributed by atoms with Crippen LogP contribution in [0.5, 0.6) is 5.75 Å². The van der Waals surface area contributed by atoms with Crippen molar-refractivity contribution in [3.63, 3.8) is 0 Å². The van der Waals surface area contributed by atoms with Crippen LogP contribution in [0, 0.1) is 0 Å². The molecule has 1 N–H and O–H groups in total. The molecule has 1 fully saturated rings. The van der Waals surface area contributed by atoms with E-state index in [-0.39, 0.29) is 0 Å². The van der Waals surface area contributed by atoms with Crippen molar-refractivity contribution in [1.82, 2.24) is 9.97 Å². The SMILES string of the molecule is Brc1cc2c(c(CNc3ccnc(C4CC4)n3)c1)OCC2. The van der Waals surface area contributed by atoms with Crippen LogP contribution in [0.2, 0.25) is 0 Å². The van der Waals surface area contributed by atoms with Crippen molar-refractivity contribution in [1.29, 1.82) is 0 Å². The van der Waals surface area contributed by atoms with Crippen LogP contribution in [-0.4, -0.2) is 16.6 Å². The van der Waals surface area contributed by atoms with Crippen LogP contribution >= 0.6 is 15.9 Å². The molecule has 0 unspecified atom stereocenters. The molecule has 1 aromatic heterocycles. The van der Waals surface area contributed by atoms with Gasteiger partial charge in [0.25, 0.3) is 0 Å². The minimum atomic E-state index is 0.574. The Hall–Kier alpha value is -1.62. The fourth-order valence-corrected chi connectivity index (χ4v) is 3.23. The average molecular weight is 346 g/mol. The molecular formula is C16H16BrN3O. The lowest BCUT2D eigenvalue weighted by Crippen LogP contribution is -2.05. The quantitative estimate of drug-likeness (QED) is 0.918. The molecule has 1 aliphatic carbocycles. The minimum Gasteiger partial charge on any atom is -0.493 e. The van der Waals surface area contributed by atoms with E-state index in [1.165, 1.54) is 24.0 Å². The van der Waals surface area contributed by atoms with E-state index in [1.807, 2.05) is 12.3 Å². The zero-order valence-corrected chi connectivity index (χ0v) is 13.2. The molecule has 1 saturated carbocycles. The number of hydrogen-bond donors (Lipinski definition) is 1. The maximum absolute atomic E-state index is 5.75. The number of rotatable bonds is 4. The Bertz CT molecular complexity index is 685. The lowest BCUT2D eigenvalue weighted by atomic mass is 10.1. The number of halogens is 1. The summed E-state index contributed by atoms with van der Waals surface area (Å²) in [5.41, 5.74) is 2.45. The maximum atomic E-state index is 5.75. The molecule has 21 heavy (non-hydrogen) atoms. The molecule has 0 spiro atoms. The van der Waals surface area contributed by atoms with E-state index in [0.717, 1.165) is 34.9 Å². The molecule has 0 radical (unpaired) electrons. The zero-order valence-electron chi connectivity index (χ0n) is 11.6. The van der Waals surface area contributed by atoms with Gasteiger partial charge in [-0.15, -0.1) is 0 Å². The summed E-state index contributed by atoms with van der Waals surface area (Å²) in [6.07, 6.45) is 5.26. The number of aromatic nitrogens is 2. The number of anilines is 1. The molecule has 1 aromatic carbocycles. The zero-order chi connectivity index (χ0) is 14.2. The first-order chi connectivity index (χ1) is 10.3. The van der Waals surface area contributed by atoms with E-state index >= 15 is 0 Å². The normalized spacial score (nSPS) is 16.4. The van der Waals surface area contributed by atoms with Crippen LogP contribution < -0.4 is 10.1 Å². The van der Waals surface area contributed by atoms with E-state index in [4.69, 9.17) is 4.74 Å². The van der Waals surface area contributed by atoms with Crippen molar-refractivity contribution in [2.45, 2.75) is 31.7 Å². The molecule has 0 atom stereocenters. The largest absolute Gasteiger partial charge is 0.493 e. The summed E-state index contributed by atoms with van der Waals surface area (Å²) in [4.78, 5) is 8.94. The summed E-state index contributed by atoms with van der Waals surface area (Å²) < 4.78 is 6.85. The Labute approximate surface area is 132 Å². The van der Waals surface area contributed by atoms with Crippen molar-refractivity contribution in [2.24, 2.45) is 0 Å². The van der Waals surface area contributed by atoms with Crippen LogP contribution in [0.1, 0.15) is 35.7 Å². The number of fused-ring (bicyclic) bond motifs is 1. The summed E-state index contributed by atoms with van der Waals surface area (Å²) in [5, 5.41) is 3.39. The highest BCUT2D eigenvalue weighted by Gasteiger charge is 2.26. The lowest BCUT2D eigenvalue weighted by Gasteiger charge is -2.11. The molecule has 1 aliphatic heterocycles. The third kappa shape index (κ3) is 2.75. The van der Waals surface area contributed by atoms with Gasteiger partial charge in [0.05, 0.1) is 6.61 Å². The van der Waals surface area contributed by atoms with Gasteiger partial charge in [0, 0.05) is 35.1 Å². The summed E-state index contributed by atoms with van der Waals surface area (Å²) in [6, 6.07) is 6.17. The van der Waals surface area contributed by atoms with Gasteiger partial charge in [0.1, 0.15) is 17.4 Å². The molecule has 5 heteroatoms. The highest BCUT2D eigenvalue weighted by Crippen LogP contribution is 2.38. The van der Waals surface area contributed by atoms with Crippen molar-refractivity contribution in [3.05, 3.63) is 45.8 Å². The fourth-order valence-electron chi connectivity index (χ4n) is 2.67. The van der Waals surface area contributed by atoms with Crippen LogP contribution in [0.4, 0.5) is 5.82 Å². The second-order valence-electron chi connectivity index (χ2n) is 5.58. The third-order valence-corrected chi connectivity index (χ3v) is 4.36. The van der Waals surface area contributed by atoms with Gasteiger partial charge in [0.2, 0.25) is 0 Å². The van der Waals surface area contributed by atoms with E-state index in [9.17, 15) is 0 Å². The molecule has 2 aliphatic rings. The van der Waals surface area contributed by atoms with E-state index in [1.54, 1.807) is 0 Å². The summed E-state index contributed by atoms with van der Waals surface area (Å²) >= 11 is 3.57. The van der Waals surface area contributed by atoms with Gasteiger partial charge in [-0.25, -0.2) is 9.97 Å². The topological polar surface area (TPSA) is 47.0 Å². The van der Waals surface area contributed by atoms with Crippen molar-refractivity contribution >= 4 is 21.7 Å². The smallest absolute Gasteiger partial charge is 0.133 e. The number of nitrogens with one attached hydrogen (secondary N) is 1. The lowest BCUT2D eigenvalue weighted by molar-refractivity contribution is 0.354. The number of benzene rings is 1. The second-order valence-corrected chi connectivity index (χ2v) is 6.50. The molecule has 0 saturated heterocycles. The van der Waals surface area contributed by atoms with Gasteiger partial charge >= 0.3 is 0 Å². The Morgan fingerprint density at radius 1 is 1.33 bits per heavy atom. The van der Waals surface area contributed by atoms with Gasteiger partial charge in [-0.2, -0.15) is 0 Å². The summed E-state index contributed by atoms with van der Waals surface area (Å²) in [6.45, 7) is 1.49. The number of ether oxygens (including phenoxy) is 1. The Morgan fingerprint density at radius 2 is 2.24 bits per heavy atom. The maximum Gasteiger partial charge on any atom is 0.133 e. The second kappa shape index (κ2) is 5.30. The summed E-state index contributed by atoms with van der Waals surface area (Å²) in [7, 11) is 0. The van der Waals surface area contributed by atoms with E-state index < -0.39 is 0 Å². The molecule has 4 nitrogen and oxygen atoms in total. The number of nitrogens with zero attached hydrogens (tertiary/aromatic N) is 2. The van der Waals surface area contributed by atoms with Crippen molar-refractivity contribution in [2.75, 3.05) is 11.9 Å². The van der Waals surface area contributed by atoms with Crippen molar-refractivity contribution < 1.29 is 4.74 Å². The average Bonchev–Trinajstić information content (AvgIpc) is 3.24. The van der Waals surface area contributed by atoms with Gasteiger partial charge in [-0.05, 0) is 36.6 Å². The third-order valence-electron chi connectivity index (χ3n) is 3.90. The molecule has 0 bridgehead atoms. The van der Waals surface area contributed by atoms with Crippen LogP contribution in [0.25, 0.3) is 0 Å². The first-order valence-corrected chi connectivity index (χ1v) is 8.10. The molecule has 0 amide bonds. The predicted molar refractivity (Wildman–Crippen MR) is 84.7 cm³/mol. The molecule has 108 valence electrons. The minimum absolute atomic E-state index is 0.574. The first-order valence-electron chi connectivity index (χ1n) is 7.30. The van der Waals surface area contributed by atoms with Gasteiger partial charge in [-0.3, -0.25) is 0 Å². The first kappa shape index (κ1) is 13.1. The van der Waals surface area contributed by atoms with E-state index in [0.29, 0.717) is 12.5 Å². The molecule has 4 rings (SSSR count). The van der Waals surface area contributed by atoms with Gasteiger partial charge in [0.15, 0.2) is 0 Å². The highest BCUT2D eigenvalue weighted by atomic mass is 79.9. The Morgan fingerprint density at radius 3 is 3.10 bits per heavy atom. The Kier molecular flexibility index (Phi) is 3.30. The van der Waals surface area contributed by atoms with Gasteiger partial charge < -0.3 is 10.1 Å². The van der Waals surface area contributed by atoms with Gasteiger partial charge in [-0.1, -0.05) is 15.9 Å². The predicted octanol–water partition coefficient (Wildman–Crippen LogP) is 3.66. The monoisotopic (exact) mass is 345 g/mol. The van der Waals surface area contributed by atoms with Crippen LogP contribution in [-0.2, 0) is 13.0 Å². The molecule has 2 heterocycles. The fraction of sp³-hybridized carbons (Fsp3) is 0.375. The summed E-state index contributed by atoms with van der Waals surface area (Å²) in [5.74, 6) is 3.46. The Balaban J connectivity index is 1.53. The van der Waals surface area contributed by atoms with E-state index in [2.05, 4.69) is 43.3 Å².